The van der Waals surface area contributed by atoms with Crippen LogP contribution in [0.2, 0.25) is 0 Å². The van der Waals surface area contributed by atoms with E-state index in [0.29, 0.717) is 11.5 Å². The smallest absolute Gasteiger partial charge is 0.156 e. The van der Waals surface area contributed by atoms with Crippen LogP contribution in [0.5, 0.6) is 5.75 Å². The maximum Gasteiger partial charge on any atom is 0.156 e. The van der Waals surface area contributed by atoms with E-state index in [4.69, 9.17) is 4.74 Å². The number of aromatic nitrogens is 1. The Labute approximate surface area is 143 Å². The van der Waals surface area contributed by atoms with Gasteiger partial charge in [0.2, 0.25) is 0 Å². The molecule has 3 aromatic rings. The van der Waals surface area contributed by atoms with Crippen LogP contribution in [0.3, 0.4) is 0 Å². The number of hydrogen-bond donors (Lipinski definition) is 0. The normalized spacial score (nSPS) is 11.4. The highest BCUT2D eigenvalue weighted by Crippen LogP contribution is 2.34. The molecule has 1 aromatic heterocycles. The van der Waals surface area contributed by atoms with Crippen LogP contribution in [0.25, 0.3) is 16.3 Å². The number of thiazole rings is 1. The average molecular weight is 338 g/mol. The number of ether oxygens (including phenoxy) is 1. The standard InChI is InChI=1S/C18H14N2OS2/c1-2-21-14-7-5-6-13(10-14)11-15(12-19)22-18-20-16-8-3-4-9-17(16)23-18/h3-11H,2H2,1H3/b15-11+. The summed E-state index contributed by atoms with van der Waals surface area (Å²) in [6.07, 6.45) is 1.86. The Balaban J connectivity index is 1.84. The Bertz CT molecular complexity index is 860. The highest BCUT2D eigenvalue weighted by atomic mass is 32.2. The summed E-state index contributed by atoms with van der Waals surface area (Å²) in [6.45, 7) is 2.57. The molecule has 0 unspecified atom stereocenters. The second-order valence-electron chi connectivity index (χ2n) is 4.68. The molecule has 0 fully saturated rings. The molecule has 0 spiro atoms. The molecule has 3 rings (SSSR count). The second kappa shape index (κ2) is 7.32. The first kappa shape index (κ1) is 15.6. The van der Waals surface area contributed by atoms with Crippen molar-refractivity contribution < 1.29 is 4.74 Å². The quantitative estimate of drug-likeness (QED) is 0.464. The third kappa shape index (κ3) is 3.92. The summed E-state index contributed by atoms with van der Waals surface area (Å²) in [5.74, 6) is 0.809. The van der Waals surface area contributed by atoms with Gasteiger partial charge in [0.05, 0.1) is 21.7 Å². The fourth-order valence-electron chi connectivity index (χ4n) is 2.09. The highest BCUT2D eigenvalue weighted by Gasteiger charge is 2.07. The highest BCUT2D eigenvalue weighted by molar-refractivity contribution is 8.05. The van der Waals surface area contributed by atoms with E-state index in [1.807, 2.05) is 61.5 Å². The number of para-hydroxylation sites is 1. The molecule has 114 valence electrons. The number of hydrogen-bond acceptors (Lipinski definition) is 5. The minimum Gasteiger partial charge on any atom is -0.494 e. The van der Waals surface area contributed by atoms with Crippen LogP contribution >= 0.6 is 23.1 Å². The molecule has 0 saturated heterocycles. The molecule has 5 heteroatoms. The monoisotopic (exact) mass is 338 g/mol. The van der Waals surface area contributed by atoms with Crippen LogP contribution in [0, 0.1) is 11.3 Å². The predicted octanol–water partition coefficient (Wildman–Crippen LogP) is 5.35. The van der Waals surface area contributed by atoms with E-state index in [9.17, 15) is 5.26 Å². The van der Waals surface area contributed by atoms with Crippen molar-refractivity contribution in [1.82, 2.24) is 4.98 Å². The van der Waals surface area contributed by atoms with E-state index in [2.05, 4.69) is 11.1 Å². The molecule has 0 aliphatic rings. The Morgan fingerprint density at radius 3 is 2.96 bits per heavy atom. The van der Waals surface area contributed by atoms with E-state index in [0.717, 1.165) is 25.9 Å². The van der Waals surface area contributed by atoms with Crippen LogP contribution in [0.1, 0.15) is 12.5 Å². The zero-order valence-electron chi connectivity index (χ0n) is 12.5. The topological polar surface area (TPSA) is 45.9 Å². The lowest BCUT2D eigenvalue weighted by Gasteiger charge is -2.03. The van der Waals surface area contributed by atoms with Crippen molar-refractivity contribution in [3.05, 3.63) is 59.0 Å². The van der Waals surface area contributed by atoms with E-state index in [1.165, 1.54) is 11.8 Å². The lowest BCUT2D eigenvalue weighted by molar-refractivity contribution is 0.340. The lowest BCUT2D eigenvalue weighted by atomic mass is 10.2. The molecule has 0 N–H and O–H groups in total. The van der Waals surface area contributed by atoms with Gasteiger partial charge in [-0.3, -0.25) is 0 Å². The van der Waals surface area contributed by atoms with Gasteiger partial charge in [-0.25, -0.2) is 4.98 Å². The maximum absolute atomic E-state index is 9.40. The predicted molar refractivity (Wildman–Crippen MR) is 96.7 cm³/mol. The van der Waals surface area contributed by atoms with Crippen LogP contribution in [-0.2, 0) is 0 Å². The molecular formula is C18H14N2OS2. The van der Waals surface area contributed by atoms with Crippen molar-refractivity contribution in [2.45, 2.75) is 11.3 Å². The summed E-state index contributed by atoms with van der Waals surface area (Å²) in [5.41, 5.74) is 1.91. The van der Waals surface area contributed by atoms with E-state index in [-0.39, 0.29) is 0 Å². The Morgan fingerprint density at radius 1 is 1.30 bits per heavy atom. The molecule has 0 radical (unpaired) electrons. The van der Waals surface area contributed by atoms with Gasteiger partial charge < -0.3 is 4.74 Å². The largest absolute Gasteiger partial charge is 0.494 e. The number of allylic oxidation sites excluding steroid dienone is 1. The summed E-state index contributed by atoms with van der Waals surface area (Å²) in [5, 5.41) is 9.40. The number of thioether (sulfide) groups is 1. The minimum absolute atomic E-state index is 0.609. The van der Waals surface area contributed by atoms with Crippen molar-refractivity contribution in [3.8, 4) is 11.8 Å². The molecule has 0 aliphatic carbocycles. The molecule has 0 amide bonds. The van der Waals surface area contributed by atoms with Crippen molar-refractivity contribution in [1.29, 1.82) is 5.26 Å². The zero-order valence-corrected chi connectivity index (χ0v) is 14.2. The Kier molecular flexibility index (Phi) is 4.96. The minimum atomic E-state index is 0.609. The number of nitriles is 1. The van der Waals surface area contributed by atoms with Crippen LogP contribution in [0.4, 0.5) is 0 Å². The third-order valence-electron chi connectivity index (χ3n) is 3.05. The molecular weight excluding hydrogens is 324 g/mol. The fraction of sp³-hybridized carbons (Fsp3) is 0.111. The molecule has 23 heavy (non-hydrogen) atoms. The molecule has 2 aromatic carbocycles. The first-order chi connectivity index (χ1) is 11.3. The van der Waals surface area contributed by atoms with Crippen molar-refractivity contribution in [2.24, 2.45) is 0 Å². The van der Waals surface area contributed by atoms with Gasteiger partial charge in [-0.05, 0) is 54.6 Å². The molecule has 0 bridgehead atoms. The molecule has 0 saturated carbocycles. The number of nitrogens with zero attached hydrogens (tertiary/aromatic N) is 2. The van der Waals surface area contributed by atoms with Gasteiger partial charge in [0.1, 0.15) is 11.8 Å². The lowest BCUT2D eigenvalue weighted by Crippen LogP contribution is -1.90. The van der Waals surface area contributed by atoms with Crippen LogP contribution < -0.4 is 4.74 Å². The first-order valence-corrected chi connectivity index (χ1v) is 8.80. The van der Waals surface area contributed by atoms with E-state index >= 15 is 0 Å². The van der Waals surface area contributed by atoms with Gasteiger partial charge in [-0.15, -0.1) is 11.3 Å². The molecule has 3 nitrogen and oxygen atoms in total. The molecule has 0 aliphatic heterocycles. The van der Waals surface area contributed by atoms with Crippen LogP contribution in [-0.4, -0.2) is 11.6 Å². The van der Waals surface area contributed by atoms with Gasteiger partial charge in [-0.1, -0.05) is 24.3 Å². The average Bonchev–Trinajstić information content (AvgIpc) is 2.97. The summed E-state index contributed by atoms with van der Waals surface area (Å²) in [6, 6.07) is 18.0. The van der Waals surface area contributed by atoms with Crippen LogP contribution in [0.15, 0.2) is 57.8 Å². The number of fused-ring (bicyclic) bond motifs is 1. The van der Waals surface area contributed by atoms with E-state index < -0.39 is 0 Å². The third-order valence-corrected chi connectivity index (χ3v) is 5.07. The van der Waals surface area contributed by atoms with Crippen molar-refractivity contribution >= 4 is 39.4 Å². The van der Waals surface area contributed by atoms with Gasteiger partial charge in [0.25, 0.3) is 0 Å². The van der Waals surface area contributed by atoms with Gasteiger partial charge in [0.15, 0.2) is 4.34 Å². The number of benzene rings is 2. The molecule has 0 atom stereocenters. The SMILES string of the molecule is CCOc1cccc(/C=C(\C#N)Sc2nc3ccccc3s2)c1. The van der Waals surface area contributed by atoms with Gasteiger partial charge >= 0.3 is 0 Å². The molecule has 1 heterocycles. The summed E-state index contributed by atoms with van der Waals surface area (Å²) in [7, 11) is 0. The fourth-order valence-corrected chi connectivity index (χ4v) is 4.06. The van der Waals surface area contributed by atoms with E-state index in [1.54, 1.807) is 11.3 Å². The number of rotatable bonds is 5. The summed E-state index contributed by atoms with van der Waals surface area (Å²) >= 11 is 2.99. The van der Waals surface area contributed by atoms with Gasteiger partial charge in [0, 0.05) is 0 Å². The van der Waals surface area contributed by atoms with Gasteiger partial charge in [-0.2, -0.15) is 5.26 Å². The summed E-state index contributed by atoms with van der Waals surface area (Å²) < 4.78 is 7.50. The first-order valence-electron chi connectivity index (χ1n) is 7.16. The summed E-state index contributed by atoms with van der Waals surface area (Å²) in [4.78, 5) is 5.16. The van der Waals surface area contributed by atoms with Crippen molar-refractivity contribution in [2.75, 3.05) is 6.61 Å². The van der Waals surface area contributed by atoms with Crippen molar-refractivity contribution in [3.63, 3.8) is 0 Å². The maximum atomic E-state index is 9.40. The second-order valence-corrected chi connectivity index (χ2v) is 7.00. The Morgan fingerprint density at radius 2 is 2.17 bits per heavy atom. The zero-order chi connectivity index (χ0) is 16.1. The Hall–Kier alpha value is -2.29.